The van der Waals surface area contributed by atoms with Crippen LogP contribution in [0.1, 0.15) is 12.0 Å². The maximum atomic E-state index is 12.7. The molecule has 2 rings (SSSR count). The van der Waals surface area contributed by atoms with Crippen molar-refractivity contribution in [2.24, 2.45) is 11.7 Å². The van der Waals surface area contributed by atoms with Crippen molar-refractivity contribution in [3.63, 3.8) is 0 Å². The number of carbonyl (C=O) groups excluding carboxylic acids is 1. The molecule has 1 aromatic rings. The summed E-state index contributed by atoms with van der Waals surface area (Å²) in [5.41, 5.74) is 6.40. The van der Waals surface area contributed by atoms with Crippen LogP contribution in [0, 0.1) is 11.7 Å². The summed E-state index contributed by atoms with van der Waals surface area (Å²) in [6.45, 7) is 2.14. The van der Waals surface area contributed by atoms with E-state index in [1.54, 1.807) is 23.1 Å². The summed E-state index contributed by atoms with van der Waals surface area (Å²) in [7, 11) is 0. The quantitative estimate of drug-likeness (QED) is 0.827. The van der Waals surface area contributed by atoms with Crippen molar-refractivity contribution >= 4 is 12.0 Å². The van der Waals surface area contributed by atoms with Crippen LogP contribution >= 0.6 is 0 Å². The van der Waals surface area contributed by atoms with E-state index >= 15 is 0 Å². The van der Waals surface area contributed by atoms with Crippen LogP contribution in [0.5, 0.6) is 0 Å². The van der Waals surface area contributed by atoms with Crippen molar-refractivity contribution in [2.75, 3.05) is 19.6 Å². The van der Waals surface area contributed by atoms with Crippen LogP contribution in [0.4, 0.5) is 4.39 Å². The maximum absolute atomic E-state index is 12.7. The molecule has 0 unspecified atom stereocenters. The average molecular weight is 248 g/mol. The predicted octanol–water partition coefficient (Wildman–Crippen LogP) is 1.65. The molecule has 1 saturated heterocycles. The zero-order valence-corrected chi connectivity index (χ0v) is 10.2. The Bertz CT molecular complexity index is 442. The van der Waals surface area contributed by atoms with Gasteiger partial charge in [0.05, 0.1) is 0 Å². The first-order valence-corrected chi connectivity index (χ1v) is 6.11. The molecule has 1 amide bonds. The van der Waals surface area contributed by atoms with Crippen LogP contribution in [-0.4, -0.2) is 30.4 Å². The number of rotatable bonds is 3. The topological polar surface area (TPSA) is 46.3 Å². The number of hydrogen-bond donors (Lipinski definition) is 1. The van der Waals surface area contributed by atoms with Crippen molar-refractivity contribution in [1.29, 1.82) is 0 Å². The molecule has 0 saturated carbocycles. The largest absolute Gasteiger partial charge is 0.339 e. The molecule has 0 spiro atoms. The number of benzene rings is 1. The average Bonchev–Trinajstić information content (AvgIpc) is 2.86. The van der Waals surface area contributed by atoms with E-state index in [-0.39, 0.29) is 11.7 Å². The Morgan fingerprint density at radius 3 is 2.78 bits per heavy atom. The Kier molecular flexibility index (Phi) is 4.10. The molecule has 0 aromatic heterocycles. The smallest absolute Gasteiger partial charge is 0.246 e. The van der Waals surface area contributed by atoms with Gasteiger partial charge in [-0.05, 0) is 42.7 Å². The van der Waals surface area contributed by atoms with Crippen molar-refractivity contribution in [3.05, 3.63) is 41.7 Å². The first-order chi connectivity index (χ1) is 8.69. The van der Waals surface area contributed by atoms with Gasteiger partial charge in [0.1, 0.15) is 5.82 Å². The van der Waals surface area contributed by atoms with E-state index in [1.807, 2.05) is 0 Å². The SMILES string of the molecule is NC[C@@H]1CCN(C(=O)/C=C/c2ccc(F)cc2)C1. The minimum atomic E-state index is -0.274. The van der Waals surface area contributed by atoms with Gasteiger partial charge >= 0.3 is 0 Å². The molecule has 1 fully saturated rings. The number of nitrogens with two attached hydrogens (primary N) is 1. The lowest BCUT2D eigenvalue weighted by atomic mass is 10.1. The number of amides is 1. The summed E-state index contributed by atoms with van der Waals surface area (Å²) < 4.78 is 12.7. The number of likely N-dealkylation sites (tertiary alicyclic amines) is 1. The van der Waals surface area contributed by atoms with Crippen molar-refractivity contribution in [1.82, 2.24) is 4.90 Å². The van der Waals surface area contributed by atoms with Crippen LogP contribution in [0.15, 0.2) is 30.3 Å². The molecule has 4 heteroatoms. The lowest BCUT2D eigenvalue weighted by Gasteiger charge is -2.13. The Morgan fingerprint density at radius 2 is 2.17 bits per heavy atom. The highest BCUT2D eigenvalue weighted by Gasteiger charge is 2.23. The fourth-order valence-corrected chi connectivity index (χ4v) is 2.07. The minimum Gasteiger partial charge on any atom is -0.339 e. The number of carbonyl (C=O) groups is 1. The summed E-state index contributed by atoms with van der Waals surface area (Å²) in [5.74, 6) is 0.146. The molecular formula is C14H17FN2O. The molecule has 0 bridgehead atoms. The van der Waals surface area contributed by atoms with Crippen LogP contribution in [0.2, 0.25) is 0 Å². The summed E-state index contributed by atoms with van der Waals surface area (Å²) in [5, 5.41) is 0. The van der Waals surface area contributed by atoms with E-state index in [2.05, 4.69) is 0 Å². The fourth-order valence-electron chi connectivity index (χ4n) is 2.07. The lowest BCUT2D eigenvalue weighted by molar-refractivity contribution is -0.125. The highest BCUT2D eigenvalue weighted by Crippen LogP contribution is 2.15. The third-order valence-corrected chi connectivity index (χ3v) is 3.22. The Labute approximate surface area is 106 Å². The van der Waals surface area contributed by atoms with E-state index in [9.17, 15) is 9.18 Å². The molecule has 0 radical (unpaired) electrons. The zero-order chi connectivity index (χ0) is 13.0. The predicted molar refractivity (Wildman–Crippen MR) is 69.2 cm³/mol. The van der Waals surface area contributed by atoms with E-state index in [0.29, 0.717) is 12.5 Å². The summed E-state index contributed by atoms with van der Waals surface area (Å²) >= 11 is 0. The van der Waals surface area contributed by atoms with Gasteiger partial charge in [-0.2, -0.15) is 0 Å². The fraction of sp³-hybridized carbons (Fsp3) is 0.357. The van der Waals surface area contributed by atoms with E-state index in [1.165, 1.54) is 18.2 Å². The van der Waals surface area contributed by atoms with Gasteiger partial charge in [0.25, 0.3) is 0 Å². The molecule has 18 heavy (non-hydrogen) atoms. The summed E-state index contributed by atoms with van der Waals surface area (Å²) in [6, 6.07) is 6.05. The molecule has 1 aliphatic rings. The van der Waals surface area contributed by atoms with E-state index in [4.69, 9.17) is 5.73 Å². The Hall–Kier alpha value is -1.68. The van der Waals surface area contributed by atoms with E-state index < -0.39 is 0 Å². The van der Waals surface area contributed by atoms with Crippen LogP contribution in [-0.2, 0) is 4.79 Å². The Balaban J connectivity index is 1.93. The second-order valence-electron chi connectivity index (χ2n) is 4.56. The highest BCUT2D eigenvalue weighted by molar-refractivity contribution is 5.91. The van der Waals surface area contributed by atoms with Crippen LogP contribution < -0.4 is 5.73 Å². The van der Waals surface area contributed by atoms with Gasteiger partial charge < -0.3 is 10.6 Å². The third-order valence-electron chi connectivity index (χ3n) is 3.22. The summed E-state index contributed by atoms with van der Waals surface area (Å²) in [4.78, 5) is 13.7. The van der Waals surface area contributed by atoms with E-state index in [0.717, 1.165) is 25.1 Å². The number of nitrogens with zero attached hydrogens (tertiary/aromatic N) is 1. The molecule has 3 nitrogen and oxygen atoms in total. The third kappa shape index (κ3) is 3.17. The minimum absolute atomic E-state index is 0.00437. The van der Waals surface area contributed by atoms with Gasteiger partial charge in [-0.1, -0.05) is 12.1 Å². The molecular weight excluding hydrogens is 231 g/mol. The van der Waals surface area contributed by atoms with Gasteiger partial charge in [-0.25, -0.2) is 4.39 Å². The lowest BCUT2D eigenvalue weighted by Crippen LogP contribution is -2.28. The van der Waals surface area contributed by atoms with Crippen molar-refractivity contribution in [3.8, 4) is 0 Å². The van der Waals surface area contributed by atoms with Gasteiger partial charge in [0.15, 0.2) is 0 Å². The van der Waals surface area contributed by atoms with Crippen LogP contribution in [0.25, 0.3) is 6.08 Å². The van der Waals surface area contributed by atoms with Gasteiger partial charge in [0.2, 0.25) is 5.91 Å². The first kappa shape index (κ1) is 12.8. The van der Waals surface area contributed by atoms with Crippen molar-refractivity contribution < 1.29 is 9.18 Å². The highest BCUT2D eigenvalue weighted by atomic mass is 19.1. The maximum Gasteiger partial charge on any atom is 0.246 e. The normalized spacial score (nSPS) is 19.7. The monoisotopic (exact) mass is 248 g/mol. The number of halogens is 1. The molecule has 1 aliphatic heterocycles. The second kappa shape index (κ2) is 5.78. The van der Waals surface area contributed by atoms with Crippen molar-refractivity contribution in [2.45, 2.75) is 6.42 Å². The molecule has 96 valence electrons. The second-order valence-corrected chi connectivity index (χ2v) is 4.56. The molecule has 1 atom stereocenters. The molecule has 1 aromatic carbocycles. The standard InChI is InChI=1S/C14H17FN2O/c15-13-4-1-11(2-5-13)3-6-14(18)17-8-7-12(9-16)10-17/h1-6,12H,7-10,16H2/b6-3+/t12-/m0/s1. The summed E-state index contributed by atoms with van der Waals surface area (Å²) in [6.07, 6.45) is 4.22. The van der Waals surface area contributed by atoms with Crippen LogP contribution in [0.3, 0.4) is 0 Å². The van der Waals surface area contributed by atoms with Gasteiger partial charge in [-0.3, -0.25) is 4.79 Å². The molecule has 2 N–H and O–H groups in total. The Morgan fingerprint density at radius 1 is 1.44 bits per heavy atom. The van der Waals surface area contributed by atoms with Gasteiger partial charge in [-0.15, -0.1) is 0 Å². The zero-order valence-electron chi connectivity index (χ0n) is 10.2. The first-order valence-electron chi connectivity index (χ1n) is 6.11. The molecule has 1 heterocycles. The molecule has 0 aliphatic carbocycles. The van der Waals surface area contributed by atoms with Gasteiger partial charge in [0, 0.05) is 19.2 Å². The number of hydrogen-bond acceptors (Lipinski definition) is 2.